The molecule has 32 heavy (non-hydrogen) atoms. The monoisotopic (exact) mass is 489 g/mol. The molecule has 1 heterocycles. The normalized spacial score (nSPS) is 11.6. The molecule has 1 aromatic heterocycles. The maximum absolute atomic E-state index is 12.9. The predicted octanol–water partition coefficient (Wildman–Crippen LogP) is 4.78. The maximum atomic E-state index is 12.9. The van der Waals surface area contributed by atoms with E-state index in [2.05, 4.69) is 4.72 Å². The summed E-state index contributed by atoms with van der Waals surface area (Å²) in [6.45, 7) is 1.80. The summed E-state index contributed by atoms with van der Waals surface area (Å²) in [5.41, 5.74) is 1.64. The number of hydrogen-bond acceptors (Lipinski definition) is 6. The number of sulfonamides is 1. The van der Waals surface area contributed by atoms with E-state index in [0.717, 1.165) is 16.9 Å². The van der Waals surface area contributed by atoms with Crippen LogP contribution in [0.4, 0.5) is 11.4 Å². The lowest BCUT2D eigenvalue weighted by Crippen LogP contribution is -2.15. The van der Waals surface area contributed by atoms with E-state index in [0.29, 0.717) is 21.8 Å². The van der Waals surface area contributed by atoms with Gasteiger partial charge in [0.25, 0.3) is 15.7 Å². The molecule has 0 atom stereocenters. The van der Waals surface area contributed by atoms with Crippen molar-refractivity contribution < 1.29 is 13.3 Å². The van der Waals surface area contributed by atoms with Gasteiger partial charge < -0.3 is 0 Å². The average molecular weight is 490 g/mol. The number of nitro groups is 1. The Bertz CT molecular complexity index is 1510. The number of hydrogen-bond donors (Lipinski definition) is 1. The molecule has 1 N–H and O–H groups in total. The Morgan fingerprint density at radius 3 is 2.53 bits per heavy atom. The van der Waals surface area contributed by atoms with Crippen molar-refractivity contribution in [3.63, 3.8) is 0 Å². The van der Waals surface area contributed by atoms with Crippen LogP contribution in [-0.2, 0) is 16.6 Å². The van der Waals surface area contributed by atoms with E-state index < -0.39 is 14.9 Å². The molecule has 0 saturated heterocycles. The van der Waals surface area contributed by atoms with Crippen LogP contribution in [-0.4, -0.2) is 17.9 Å². The van der Waals surface area contributed by atoms with Gasteiger partial charge in [0.2, 0.25) is 0 Å². The predicted molar refractivity (Wildman–Crippen MR) is 125 cm³/mol. The van der Waals surface area contributed by atoms with Gasteiger partial charge in [-0.1, -0.05) is 41.1 Å². The lowest BCUT2D eigenvalue weighted by Gasteiger charge is -2.11. The molecule has 0 bridgehead atoms. The molecule has 0 radical (unpaired) electrons. The Morgan fingerprint density at radius 1 is 1.12 bits per heavy atom. The molecule has 4 rings (SSSR count). The number of aromatic nitrogens is 1. The standard InChI is InChI=1S/C21H16ClN3O5S2/c1-13-17(3-2-4-18(13)25(27)28)23-32(29,30)16-9-10-19-20(11-16)31-21(26)24(19)12-14-5-7-15(22)8-6-14/h2-11,23H,12H2,1H3. The number of nitrogens with zero attached hydrogens (tertiary/aromatic N) is 2. The third kappa shape index (κ3) is 4.24. The van der Waals surface area contributed by atoms with Gasteiger partial charge in [-0.05, 0) is 48.9 Å². The Kier molecular flexibility index (Phi) is 5.76. The Labute approximate surface area is 191 Å². The number of nitro benzene ring substituents is 1. The topological polar surface area (TPSA) is 111 Å². The summed E-state index contributed by atoms with van der Waals surface area (Å²) in [7, 11) is -4.03. The number of halogens is 1. The van der Waals surface area contributed by atoms with Crippen molar-refractivity contribution in [2.24, 2.45) is 0 Å². The molecular weight excluding hydrogens is 474 g/mol. The Balaban J connectivity index is 1.68. The van der Waals surface area contributed by atoms with Crippen LogP contribution in [0.1, 0.15) is 11.1 Å². The van der Waals surface area contributed by atoms with E-state index in [4.69, 9.17) is 11.6 Å². The summed E-state index contributed by atoms with van der Waals surface area (Å²) in [4.78, 5) is 22.8. The minimum Gasteiger partial charge on any atom is -0.294 e. The van der Waals surface area contributed by atoms with Crippen LogP contribution in [0.25, 0.3) is 10.2 Å². The van der Waals surface area contributed by atoms with Gasteiger partial charge in [0, 0.05) is 11.1 Å². The highest BCUT2D eigenvalue weighted by molar-refractivity contribution is 7.92. The molecule has 0 aliphatic rings. The van der Waals surface area contributed by atoms with Gasteiger partial charge in [0.15, 0.2) is 0 Å². The highest BCUT2D eigenvalue weighted by atomic mass is 35.5. The first-order chi connectivity index (χ1) is 15.2. The summed E-state index contributed by atoms with van der Waals surface area (Å²) in [6, 6.07) is 15.7. The summed E-state index contributed by atoms with van der Waals surface area (Å²) in [5.74, 6) is 0. The highest BCUT2D eigenvalue weighted by Crippen LogP contribution is 2.28. The van der Waals surface area contributed by atoms with E-state index in [-0.39, 0.29) is 26.7 Å². The summed E-state index contributed by atoms with van der Waals surface area (Å²) in [6.07, 6.45) is 0. The van der Waals surface area contributed by atoms with Crippen molar-refractivity contribution in [1.82, 2.24) is 4.57 Å². The second kappa shape index (κ2) is 8.38. The van der Waals surface area contributed by atoms with Crippen molar-refractivity contribution in [3.05, 3.63) is 96.6 Å². The molecule has 0 saturated carbocycles. The fourth-order valence-corrected chi connectivity index (χ4v) is 5.55. The Hall–Kier alpha value is -3.21. The van der Waals surface area contributed by atoms with Crippen LogP contribution in [0.3, 0.4) is 0 Å². The molecule has 11 heteroatoms. The minimum atomic E-state index is -4.03. The molecule has 0 aliphatic heterocycles. The maximum Gasteiger partial charge on any atom is 0.308 e. The van der Waals surface area contributed by atoms with Crippen LogP contribution in [0.15, 0.2) is 70.4 Å². The summed E-state index contributed by atoms with van der Waals surface area (Å²) >= 11 is 6.86. The lowest BCUT2D eigenvalue weighted by molar-refractivity contribution is -0.385. The van der Waals surface area contributed by atoms with Crippen LogP contribution < -0.4 is 9.60 Å². The first-order valence-electron chi connectivity index (χ1n) is 9.30. The van der Waals surface area contributed by atoms with E-state index in [1.807, 2.05) is 12.1 Å². The highest BCUT2D eigenvalue weighted by Gasteiger charge is 2.21. The first kappa shape index (κ1) is 22.0. The minimum absolute atomic E-state index is 0.0456. The third-order valence-electron chi connectivity index (χ3n) is 4.95. The van der Waals surface area contributed by atoms with Crippen molar-refractivity contribution in [1.29, 1.82) is 0 Å². The SMILES string of the molecule is Cc1c(NS(=O)(=O)c2ccc3c(c2)sc(=O)n3Cc2ccc(Cl)cc2)cccc1[N+](=O)[O-]. The van der Waals surface area contributed by atoms with Crippen molar-refractivity contribution in [2.45, 2.75) is 18.4 Å². The van der Waals surface area contributed by atoms with Gasteiger partial charge >= 0.3 is 4.87 Å². The van der Waals surface area contributed by atoms with Gasteiger partial charge in [0.1, 0.15) is 0 Å². The zero-order valence-electron chi connectivity index (χ0n) is 16.6. The number of rotatable bonds is 6. The molecule has 0 unspecified atom stereocenters. The van der Waals surface area contributed by atoms with Gasteiger partial charge in [-0.25, -0.2) is 8.42 Å². The molecule has 0 aliphatic carbocycles. The largest absolute Gasteiger partial charge is 0.308 e. The van der Waals surface area contributed by atoms with E-state index in [1.54, 1.807) is 22.8 Å². The number of nitrogens with one attached hydrogen (secondary N) is 1. The van der Waals surface area contributed by atoms with Crippen molar-refractivity contribution in [3.8, 4) is 0 Å². The number of anilines is 1. The number of thiazole rings is 1. The molecule has 164 valence electrons. The second-order valence-corrected chi connectivity index (χ2v) is 10.1. The number of benzene rings is 3. The molecule has 0 fully saturated rings. The molecule has 0 amide bonds. The first-order valence-corrected chi connectivity index (χ1v) is 12.0. The second-order valence-electron chi connectivity index (χ2n) is 7.02. The van der Waals surface area contributed by atoms with Gasteiger partial charge in [-0.2, -0.15) is 0 Å². The summed E-state index contributed by atoms with van der Waals surface area (Å²) in [5, 5.41) is 11.7. The fourth-order valence-electron chi connectivity index (χ4n) is 3.27. The smallest absolute Gasteiger partial charge is 0.294 e. The molecule has 3 aromatic carbocycles. The van der Waals surface area contributed by atoms with Gasteiger partial charge in [0.05, 0.1) is 37.8 Å². The third-order valence-corrected chi connectivity index (χ3v) is 7.51. The molecule has 4 aromatic rings. The van der Waals surface area contributed by atoms with Gasteiger partial charge in [-0.3, -0.25) is 24.2 Å². The zero-order valence-corrected chi connectivity index (χ0v) is 19.0. The van der Waals surface area contributed by atoms with Crippen molar-refractivity contribution >= 4 is 54.6 Å². The fraction of sp³-hybridized carbons (Fsp3) is 0.0952. The van der Waals surface area contributed by atoms with Crippen LogP contribution in [0.5, 0.6) is 0 Å². The molecule has 8 nitrogen and oxygen atoms in total. The van der Waals surface area contributed by atoms with Crippen LogP contribution >= 0.6 is 22.9 Å². The molecular formula is C21H16ClN3O5S2. The lowest BCUT2D eigenvalue weighted by atomic mass is 10.2. The summed E-state index contributed by atoms with van der Waals surface area (Å²) < 4.78 is 30.3. The quantitative estimate of drug-likeness (QED) is 0.309. The average Bonchev–Trinajstić information content (AvgIpc) is 3.05. The van der Waals surface area contributed by atoms with Crippen molar-refractivity contribution in [2.75, 3.05) is 4.72 Å². The van der Waals surface area contributed by atoms with E-state index >= 15 is 0 Å². The molecule has 0 spiro atoms. The van der Waals surface area contributed by atoms with Gasteiger partial charge in [-0.15, -0.1) is 0 Å². The van der Waals surface area contributed by atoms with Crippen LogP contribution in [0, 0.1) is 17.0 Å². The Morgan fingerprint density at radius 2 is 1.84 bits per heavy atom. The van der Waals surface area contributed by atoms with E-state index in [9.17, 15) is 23.3 Å². The van der Waals surface area contributed by atoms with E-state index in [1.165, 1.54) is 37.3 Å². The van der Waals surface area contributed by atoms with Crippen LogP contribution in [0.2, 0.25) is 5.02 Å². The number of fused-ring (bicyclic) bond motifs is 1. The zero-order chi connectivity index (χ0) is 23.0.